The molecule has 0 spiro atoms. The molecule has 3 nitrogen and oxygen atoms in total. The van der Waals surface area contributed by atoms with E-state index in [0.717, 1.165) is 6.42 Å². The van der Waals surface area contributed by atoms with Crippen molar-refractivity contribution in [3.63, 3.8) is 0 Å². The first-order valence-electron chi connectivity index (χ1n) is 3.45. The molecule has 0 rings (SSSR count). The van der Waals surface area contributed by atoms with Gasteiger partial charge in [-0.2, -0.15) is 0 Å². The number of ether oxygens (including phenoxy) is 2. The van der Waals surface area contributed by atoms with E-state index in [1.165, 1.54) is 0 Å². The van der Waals surface area contributed by atoms with Gasteiger partial charge in [0.1, 0.15) is 6.61 Å². The summed E-state index contributed by atoms with van der Waals surface area (Å²) in [6.07, 6.45) is 1.34. The third-order valence-corrected chi connectivity index (χ3v) is 1.00. The molecule has 68 valence electrons. The van der Waals surface area contributed by atoms with E-state index in [9.17, 15) is 4.79 Å². The number of hydrogen-bond acceptors (Lipinski definition) is 3. The number of esters is 1. The highest BCUT2D eigenvalue weighted by Gasteiger charge is 1.98. The molecule has 0 saturated heterocycles. The highest BCUT2D eigenvalue weighted by molar-refractivity contribution is 5.69. The molecule has 0 heterocycles. The third kappa shape index (κ3) is 9.43. The number of carbonyl (C=O) groups excluding carboxylic acids is 1. The van der Waals surface area contributed by atoms with Gasteiger partial charge in [-0.05, 0) is 6.42 Å². The maximum absolute atomic E-state index is 10.6. The van der Waals surface area contributed by atoms with Crippen molar-refractivity contribution >= 4 is 5.97 Å². The molecule has 0 fully saturated rings. The van der Waals surface area contributed by atoms with Crippen LogP contribution in [0, 0.1) is 0 Å². The van der Waals surface area contributed by atoms with Gasteiger partial charge in [0.2, 0.25) is 0 Å². The van der Waals surface area contributed by atoms with Crippen LogP contribution in [0.5, 0.6) is 0 Å². The van der Waals surface area contributed by atoms with Crippen LogP contribution in [0.4, 0.5) is 0 Å². The number of methoxy groups -OCH3 is 1. The Morgan fingerprint density at radius 2 is 2.00 bits per heavy atom. The van der Waals surface area contributed by atoms with E-state index >= 15 is 0 Å². The lowest BCUT2D eigenvalue weighted by Crippen LogP contribution is -2.08. The monoisotopic (exact) mass is 162 g/mol. The van der Waals surface area contributed by atoms with E-state index in [1.807, 2.05) is 6.92 Å². The Morgan fingerprint density at radius 3 is 2.45 bits per heavy atom. The number of hydrogen-bond donors (Lipinski definition) is 0. The normalized spacial score (nSPS) is 8.55. The van der Waals surface area contributed by atoms with E-state index < -0.39 is 0 Å². The molecule has 11 heavy (non-hydrogen) atoms. The standard InChI is InChI=1S/C7H14O3.CH4/c1-3-4-7(8)10-6-5-9-2;/h3-6H2,1-2H3;1H4. The molecule has 0 N–H and O–H groups in total. The first-order valence-corrected chi connectivity index (χ1v) is 3.45. The first kappa shape index (κ1) is 13.1. The Hall–Kier alpha value is -0.570. The van der Waals surface area contributed by atoms with Crippen LogP contribution in [-0.2, 0) is 14.3 Å². The lowest BCUT2D eigenvalue weighted by molar-refractivity contribution is -0.144. The fourth-order valence-electron chi connectivity index (χ4n) is 0.515. The second kappa shape index (κ2) is 9.43. The Labute approximate surface area is 68.7 Å². The van der Waals surface area contributed by atoms with Crippen LogP contribution in [-0.4, -0.2) is 26.3 Å². The predicted molar refractivity (Wildman–Crippen MR) is 44.5 cm³/mol. The predicted octanol–water partition coefficient (Wildman–Crippen LogP) is 1.61. The fraction of sp³-hybridized carbons (Fsp3) is 0.875. The SMILES string of the molecule is C.CCCC(=O)OCCOC. The lowest BCUT2D eigenvalue weighted by atomic mass is 10.3. The zero-order valence-electron chi connectivity index (χ0n) is 6.55. The van der Waals surface area contributed by atoms with Gasteiger partial charge in [-0.15, -0.1) is 0 Å². The molecular formula is C8H18O3. The molecular weight excluding hydrogens is 144 g/mol. The lowest BCUT2D eigenvalue weighted by Gasteiger charge is -2.01. The minimum atomic E-state index is -0.139. The van der Waals surface area contributed by atoms with E-state index in [0.29, 0.717) is 19.6 Å². The van der Waals surface area contributed by atoms with Crippen molar-refractivity contribution < 1.29 is 14.3 Å². The average Bonchev–Trinajstić information content (AvgIpc) is 1.89. The van der Waals surface area contributed by atoms with Gasteiger partial charge >= 0.3 is 5.97 Å². The second-order valence-corrected chi connectivity index (χ2v) is 1.96. The highest BCUT2D eigenvalue weighted by Crippen LogP contribution is 1.90. The van der Waals surface area contributed by atoms with Crippen molar-refractivity contribution in [3.8, 4) is 0 Å². The summed E-state index contributed by atoms with van der Waals surface area (Å²) in [5.74, 6) is -0.139. The van der Waals surface area contributed by atoms with Crippen LogP contribution in [0.3, 0.4) is 0 Å². The van der Waals surface area contributed by atoms with Crippen LogP contribution < -0.4 is 0 Å². The van der Waals surface area contributed by atoms with Gasteiger partial charge in [-0.25, -0.2) is 0 Å². The van der Waals surface area contributed by atoms with E-state index in [1.54, 1.807) is 7.11 Å². The van der Waals surface area contributed by atoms with Crippen molar-refractivity contribution in [2.45, 2.75) is 27.2 Å². The van der Waals surface area contributed by atoms with Gasteiger partial charge in [-0.3, -0.25) is 4.79 Å². The minimum absolute atomic E-state index is 0. The molecule has 0 atom stereocenters. The minimum Gasteiger partial charge on any atom is -0.463 e. The largest absolute Gasteiger partial charge is 0.463 e. The molecule has 0 aromatic rings. The van der Waals surface area contributed by atoms with Gasteiger partial charge in [0.05, 0.1) is 6.61 Å². The van der Waals surface area contributed by atoms with E-state index in [2.05, 4.69) is 0 Å². The molecule has 0 unspecified atom stereocenters. The molecule has 0 bridgehead atoms. The molecule has 0 aliphatic carbocycles. The highest BCUT2D eigenvalue weighted by atomic mass is 16.6. The van der Waals surface area contributed by atoms with Crippen molar-refractivity contribution in [2.24, 2.45) is 0 Å². The summed E-state index contributed by atoms with van der Waals surface area (Å²) in [4.78, 5) is 10.6. The summed E-state index contributed by atoms with van der Waals surface area (Å²) in [6.45, 7) is 2.79. The topological polar surface area (TPSA) is 35.5 Å². The fourth-order valence-corrected chi connectivity index (χ4v) is 0.515. The maximum atomic E-state index is 10.6. The number of rotatable bonds is 5. The molecule has 0 aromatic carbocycles. The van der Waals surface area contributed by atoms with Gasteiger partial charge < -0.3 is 9.47 Å². The molecule has 0 aromatic heterocycles. The van der Waals surface area contributed by atoms with Crippen molar-refractivity contribution in [1.29, 1.82) is 0 Å². The van der Waals surface area contributed by atoms with Crippen molar-refractivity contribution in [2.75, 3.05) is 20.3 Å². The van der Waals surface area contributed by atoms with Gasteiger partial charge in [0, 0.05) is 13.5 Å². The quantitative estimate of drug-likeness (QED) is 0.455. The summed E-state index contributed by atoms with van der Waals surface area (Å²) in [5.41, 5.74) is 0. The van der Waals surface area contributed by atoms with Gasteiger partial charge in [-0.1, -0.05) is 14.4 Å². The molecule has 0 saturated carbocycles. The Kier molecular flexibility index (Phi) is 11.2. The zero-order chi connectivity index (χ0) is 7.82. The zero-order valence-corrected chi connectivity index (χ0v) is 6.55. The third-order valence-electron chi connectivity index (χ3n) is 1.00. The van der Waals surface area contributed by atoms with Crippen LogP contribution in [0.15, 0.2) is 0 Å². The molecule has 3 heteroatoms. The number of carbonyl (C=O) groups is 1. The van der Waals surface area contributed by atoms with Crippen molar-refractivity contribution in [3.05, 3.63) is 0 Å². The summed E-state index contributed by atoms with van der Waals surface area (Å²) in [6, 6.07) is 0. The summed E-state index contributed by atoms with van der Waals surface area (Å²) < 4.78 is 9.45. The maximum Gasteiger partial charge on any atom is 0.305 e. The molecule has 0 aliphatic rings. The van der Waals surface area contributed by atoms with Gasteiger partial charge in [0.25, 0.3) is 0 Å². The smallest absolute Gasteiger partial charge is 0.305 e. The summed E-state index contributed by atoms with van der Waals surface area (Å²) in [7, 11) is 1.58. The Bertz CT molecular complexity index is 91.3. The Morgan fingerprint density at radius 1 is 1.36 bits per heavy atom. The average molecular weight is 162 g/mol. The van der Waals surface area contributed by atoms with Crippen LogP contribution >= 0.6 is 0 Å². The molecule has 0 amide bonds. The Balaban J connectivity index is 0. The second-order valence-electron chi connectivity index (χ2n) is 1.96. The first-order chi connectivity index (χ1) is 4.81. The molecule has 0 radical (unpaired) electrons. The van der Waals surface area contributed by atoms with Crippen LogP contribution in [0.2, 0.25) is 0 Å². The summed E-state index contributed by atoms with van der Waals surface area (Å²) in [5, 5.41) is 0. The van der Waals surface area contributed by atoms with Crippen LogP contribution in [0.1, 0.15) is 27.2 Å². The van der Waals surface area contributed by atoms with E-state index in [4.69, 9.17) is 9.47 Å². The summed E-state index contributed by atoms with van der Waals surface area (Å²) >= 11 is 0. The van der Waals surface area contributed by atoms with Gasteiger partial charge in [0.15, 0.2) is 0 Å². The molecule has 0 aliphatic heterocycles. The van der Waals surface area contributed by atoms with E-state index in [-0.39, 0.29) is 13.4 Å². The van der Waals surface area contributed by atoms with Crippen LogP contribution in [0.25, 0.3) is 0 Å². The van der Waals surface area contributed by atoms with Crippen molar-refractivity contribution in [1.82, 2.24) is 0 Å².